The van der Waals surface area contributed by atoms with E-state index in [0.717, 1.165) is 23.4 Å². The van der Waals surface area contributed by atoms with Gasteiger partial charge in [0, 0.05) is 42.6 Å². The first-order valence-corrected chi connectivity index (χ1v) is 7.21. The second-order valence-electron chi connectivity index (χ2n) is 5.07. The van der Waals surface area contributed by atoms with Crippen molar-refractivity contribution in [3.8, 4) is 0 Å². The highest BCUT2D eigenvalue weighted by molar-refractivity contribution is 5.95. The number of rotatable bonds is 6. The minimum absolute atomic E-state index is 0.0296. The molecular weight excluding hydrogens is 264 g/mol. The molecule has 0 fully saturated rings. The van der Waals surface area contributed by atoms with E-state index >= 15 is 0 Å². The van der Waals surface area contributed by atoms with Crippen LogP contribution < -0.4 is 10.6 Å². The van der Waals surface area contributed by atoms with Crippen molar-refractivity contribution in [2.45, 2.75) is 26.8 Å². The average Bonchev–Trinajstić information content (AvgIpc) is 2.82. The zero-order valence-corrected chi connectivity index (χ0v) is 12.8. The van der Waals surface area contributed by atoms with Crippen LogP contribution in [0.1, 0.15) is 35.0 Å². The summed E-state index contributed by atoms with van der Waals surface area (Å²) in [6, 6.07) is 7.55. The lowest BCUT2D eigenvalue weighted by Crippen LogP contribution is -2.23. The maximum Gasteiger partial charge on any atom is 0.251 e. The van der Waals surface area contributed by atoms with Crippen LogP contribution in [0.4, 0.5) is 5.69 Å². The molecule has 1 amide bonds. The summed E-state index contributed by atoms with van der Waals surface area (Å²) < 4.78 is 1.85. The van der Waals surface area contributed by atoms with Gasteiger partial charge in [0.15, 0.2) is 0 Å². The van der Waals surface area contributed by atoms with Gasteiger partial charge >= 0.3 is 0 Å². The van der Waals surface area contributed by atoms with Gasteiger partial charge in [-0.3, -0.25) is 9.48 Å². The van der Waals surface area contributed by atoms with Crippen molar-refractivity contribution >= 4 is 11.6 Å². The predicted octanol–water partition coefficient (Wildman–Crippen LogP) is 2.48. The number of amides is 1. The molecule has 1 aromatic carbocycles. The molecule has 0 aliphatic carbocycles. The van der Waals surface area contributed by atoms with Gasteiger partial charge in [-0.15, -0.1) is 0 Å². The van der Waals surface area contributed by atoms with Crippen molar-refractivity contribution in [3.63, 3.8) is 0 Å². The fourth-order valence-electron chi connectivity index (χ4n) is 2.03. The Morgan fingerprint density at radius 2 is 2.19 bits per heavy atom. The van der Waals surface area contributed by atoms with Crippen molar-refractivity contribution in [2.75, 3.05) is 11.9 Å². The van der Waals surface area contributed by atoms with Gasteiger partial charge in [0.2, 0.25) is 0 Å². The molecule has 21 heavy (non-hydrogen) atoms. The minimum Gasteiger partial charge on any atom is -0.381 e. The smallest absolute Gasteiger partial charge is 0.251 e. The van der Waals surface area contributed by atoms with E-state index in [0.29, 0.717) is 18.7 Å². The molecule has 2 N–H and O–H groups in total. The first-order chi connectivity index (χ1) is 10.1. The Hall–Kier alpha value is -2.30. The van der Waals surface area contributed by atoms with E-state index < -0.39 is 0 Å². The van der Waals surface area contributed by atoms with E-state index in [1.807, 2.05) is 56.0 Å². The summed E-state index contributed by atoms with van der Waals surface area (Å²) in [7, 11) is 1.93. The number of hydrogen-bond acceptors (Lipinski definition) is 3. The third-order valence-corrected chi connectivity index (χ3v) is 3.48. The lowest BCUT2D eigenvalue weighted by Gasteiger charge is -2.08. The maximum absolute atomic E-state index is 11.9. The van der Waals surface area contributed by atoms with Crippen molar-refractivity contribution in [1.82, 2.24) is 15.1 Å². The Morgan fingerprint density at radius 3 is 2.86 bits per heavy atom. The summed E-state index contributed by atoms with van der Waals surface area (Å²) in [5, 5.41) is 10.4. The molecule has 0 radical (unpaired) electrons. The normalized spacial score (nSPS) is 10.4. The van der Waals surface area contributed by atoms with Gasteiger partial charge in [-0.2, -0.15) is 5.10 Å². The van der Waals surface area contributed by atoms with Gasteiger partial charge in [-0.25, -0.2) is 0 Å². The Bertz CT molecular complexity index is 618. The van der Waals surface area contributed by atoms with Crippen LogP contribution >= 0.6 is 0 Å². The number of nitrogens with zero attached hydrogens (tertiary/aromatic N) is 2. The summed E-state index contributed by atoms with van der Waals surface area (Å²) in [6.45, 7) is 5.47. The molecule has 5 nitrogen and oxygen atoms in total. The maximum atomic E-state index is 11.9. The van der Waals surface area contributed by atoms with Gasteiger partial charge in [0.05, 0.1) is 6.20 Å². The second kappa shape index (κ2) is 6.92. The first-order valence-electron chi connectivity index (χ1n) is 7.21. The molecule has 0 unspecified atom stereocenters. The van der Waals surface area contributed by atoms with Crippen LogP contribution in [-0.2, 0) is 13.6 Å². The van der Waals surface area contributed by atoms with Crippen LogP contribution in [0.25, 0.3) is 0 Å². The molecule has 0 saturated carbocycles. The van der Waals surface area contributed by atoms with Crippen LogP contribution in [0.3, 0.4) is 0 Å². The number of hydrogen-bond donors (Lipinski definition) is 2. The summed E-state index contributed by atoms with van der Waals surface area (Å²) in [4.78, 5) is 11.9. The van der Waals surface area contributed by atoms with Crippen LogP contribution in [0.2, 0.25) is 0 Å². The molecule has 0 atom stereocenters. The zero-order valence-electron chi connectivity index (χ0n) is 12.8. The van der Waals surface area contributed by atoms with Crippen LogP contribution in [-0.4, -0.2) is 22.2 Å². The Morgan fingerprint density at radius 1 is 1.38 bits per heavy atom. The van der Waals surface area contributed by atoms with Gasteiger partial charge in [0.25, 0.3) is 5.91 Å². The van der Waals surface area contributed by atoms with Gasteiger partial charge in [-0.05, 0) is 31.5 Å². The van der Waals surface area contributed by atoms with Gasteiger partial charge < -0.3 is 10.6 Å². The highest BCUT2D eigenvalue weighted by Gasteiger charge is 2.06. The second-order valence-corrected chi connectivity index (χ2v) is 5.07. The lowest BCUT2D eigenvalue weighted by molar-refractivity contribution is 0.0953. The van der Waals surface area contributed by atoms with E-state index in [1.54, 1.807) is 0 Å². The van der Waals surface area contributed by atoms with E-state index in [9.17, 15) is 4.79 Å². The fourth-order valence-corrected chi connectivity index (χ4v) is 2.03. The molecule has 0 spiro atoms. The van der Waals surface area contributed by atoms with Crippen LogP contribution in [0, 0.1) is 6.92 Å². The van der Waals surface area contributed by atoms with E-state index in [1.165, 1.54) is 0 Å². The predicted molar refractivity (Wildman–Crippen MR) is 84.3 cm³/mol. The molecule has 1 heterocycles. The molecule has 2 aromatic rings. The molecule has 1 aromatic heterocycles. The molecule has 5 heteroatoms. The fraction of sp³-hybridized carbons (Fsp3) is 0.375. The number of carbonyl (C=O) groups excluding carboxylic acids is 1. The number of benzene rings is 1. The molecule has 0 bridgehead atoms. The Labute approximate surface area is 125 Å². The summed E-state index contributed by atoms with van der Waals surface area (Å²) in [5.41, 5.74) is 3.90. The summed E-state index contributed by atoms with van der Waals surface area (Å²) >= 11 is 0. The summed E-state index contributed by atoms with van der Waals surface area (Å²) in [5.74, 6) is -0.0296. The number of aromatic nitrogens is 2. The van der Waals surface area contributed by atoms with Crippen LogP contribution in [0.15, 0.2) is 30.5 Å². The Balaban J connectivity index is 2.01. The Kier molecular flexibility index (Phi) is 4.98. The molecular formula is C16H22N4O. The molecule has 0 aliphatic heterocycles. The lowest BCUT2D eigenvalue weighted by atomic mass is 10.1. The topological polar surface area (TPSA) is 59.0 Å². The molecule has 112 valence electrons. The SMILES string of the molecule is CCCNC(=O)c1cccc(NCc2cnn(C)c2C)c1. The molecule has 0 aliphatic rings. The number of aryl methyl sites for hydroxylation is 1. The standard InChI is InChI=1S/C16H22N4O/c1-4-8-17-16(21)13-6-5-7-15(9-13)18-10-14-11-19-20(3)12(14)2/h5-7,9,11,18H,4,8,10H2,1-3H3,(H,17,21). The highest BCUT2D eigenvalue weighted by Crippen LogP contribution is 2.13. The zero-order chi connectivity index (χ0) is 15.2. The van der Waals surface area contributed by atoms with Crippen molar-refractivity contribution in [2.24, 2.45) is 7.05 Å². The molecule has 2 rings (SSSR count). The first kappa shape index (κ1) is 15.1. The monoisotopic (exact) mass is 286 g/mol. The van der Waals surface area contributed by atoms with E-state index in [-0.39, 0.29) is 5.91 Å². The van der Waals surface area contributed by atoms with E-state index in [4.69, 9.17) is 0 Å². The number of carbonyl (C=O) groups is 1. The van der Waals surface area contributed by atoms with Crippen molar-refractivity contribution in [1.29, 1.82) is 0 Å². The average molecular weight is 286 g/mol. The number of anilines is 1. The quantitative estimate of drug-likeness (QED) is 0.857. The van der Waals surface area contributed by atoms with Gasteiger partial charge in [0.1, 0.15) is 0 Å². The number of nitrogens with one attached hydrogen (secondary N) is 2. The summed E-state index contributed by atoms with van der Waals surface area (Å²) in [6.07, 6.45) is 2.80. The van der Waals surface area contributed by atoms with Gasteiger partial charge in [-0.1, -0.05) is 13.0 Å². The molecule has 0 saturated heterocycles. The third kappa shape index (κ3) is 3.84. The highest BCUT2D eigenvalue weighted by atomic mass is 16.1. The van der Waals surface area contributed by atoms with Crippen molar-refractivity contribution < 1.29 is 4.79 Å². The van der Waals surface area contributed by atoms with E-state index in [2.05, 4.69) is 15.7 Å². The largest absolute Gasteiger partial charge is 0.381 e. The minimum atomic E-state index is -0.0296. The van der Waals surface area contributed by atoms with Crippen molar-refractivity contribution in [3.05, 3.63) is 47.3 Å². The third-order valence-electron chi connectivity index (χ3n) is 3.48. The van der Waals surface area contributed by atoms with Crippen LogP contribution in [0.5, 0.6) is 0 Å².